The summed E-state index contributed by atoms with van der Waals surface area (Å²) in [7, 11) is 0. The van der Waals surface area contributed by atoms with Crippen molar-refractivity contribution in [2.24, 2.45) is 10.9 Å². The molecule has 3 heteroatoms. The molecule has 0 aliphatic carbocycles. The van der Waals surface area contributed by atoms with Gasteiger partial charge in [0.25, 0.3) is 0 Å². The Hall–Kier alpha value is -2.60. The van der Waals surface area contributed by atoms with E-state index in [1.807, 2.05) is 24.4 Å². The zero-order valence-corrected chi connectivity index (χ0v) is 17.1. The number of aromatic hydroxyl groups is 1. The molecule has 0 fully saturated rings. The van der Waals surface area contributed by atoms with E-state index in [-0.39, 0.29) is 17.1 Å². The van der Waals surface area contributed by atoms with Crippen LogP contribution in [0.4, 0.5) is 0 Å². The lowest BCUT2D eigenvalue weighted by Gasteiger charge is -2.38. The highest BCUT2D eigenvalue weighted by atomic mass is 16.3. The van der Waals surface area contributed by atoms with Crippen molar-refractivity contribution in [1.29, 1.82) is 5.26 Å². The SMILES string of the molecule is CCCC[C@@](CC=NCCc1ccccc1)(c1cccc(O)c1)C(C)CC#N. The summed E-state index contributed by atoms with van der Waals surface area (Å²) in [6.45, 7) is 5.11. The Kier molecular flexibility index (Phi) is 8.75. The molecule has 0 radical (unpaired) electrons. The van der Waals surface area contributed by atoms with E-state index in [2.05, 4.69) is 55.2 Å². The maximum atomic E-state index is 10.1. The lowest BCUT2D eigenvalue weighted by atomic mass is 9.65. The normalized spacial score (nSPS) is 14.5. The van der Waals surface area contributed by atoms with Gasteiger partial charge in [-0.05, 0) is 54.7 Å². The summed E-state index contributed by atoms with van der Waals surface area (Å²) in [6.07, 6.45) is 7.43. The third kappa shape index (κ3) is 5.96. The van der Waals surface area contributed by atoms with Crippen LogP contribution >= 0.6 is 0 Å². The molecule has 2 aromatic carbocycles. The second kappa shape index (κ2) is 11.3. The van der Waals surface area contributed by atoms with Crippen molar-refractivity contribution in [3.8, 4) is 11.8 Å². The maximum absolute atomic E-state index is 10.1. The summed E-state index contributed by atoms with van der Waals surface area (Å²) >= 11 is 0. The van der Waals surface area contributed by atoms with E-state index < -0.39 is 0 Å². The van der Waals surface area contributed by atoms with Crippen LogP contribution in [0.2, 0.25) is 0 Å². The average molecular weight is 377 g/mol. The van der Waals surface area contributed by atoms with Gasteiger partial charge in [-0.25, -0.2) is 0 Å². The molecule has 0 saturated heterocycles. The first-order valence-corrected chi connectivity index (χ1v) is 10.3. The number of aliphatic imine (C=N–C) groups is 1. The van der Waals surface area contributed by atoms with Gasteiger partial charge < -0.3 is 5.11 Å². The fraction of sp³-hybridized carbons (Fsp3) is 0.440. The summed E-state index contributed by atoms with van der Waals surface area (Å²) < 4.78 is 0. The van der Waals surface area contributed by atoms with Gasteiger partial charge >= 0.3 is 0 Å². The van der Waals surface area contributed by atoms with Crippen LogP contribution in [0, 0.1) is 17.2 Å². The molecule has 0 bridgehead atoms. The zero-order chi connectivity index (χ0) is 20.2. The van der Waals surface area contributed by atoms with Gasteiger partial charge in [-0.1, -0.05) is 69.2 Å². The lowest BCUT2D eigenvalue weighted by Crippen LogP contribution is -2.34. The van der Waals surface area contributed by atoms with Crippen LogP contribution in [-0.2, 0) is 11.8 Å². The fourth-order valence-electron chi connectivity index (χ4n) is 3.89. The summed E-state index contributed by atoms with van der Waals surface area (Å²) in [5.74, 6) is 0.468. The van der Waals surface area contributed by atoms with Gasteiger partial charge in [0, 0.05) is 18.4 Å². The number of phenolic OH excluding ortho intramolecular Hbond substituents is 1. The first-order valence-electron chi connectivity index (χ1n) is 10.3. The van der Waals surface area contributed by atoms with E-state index in [1.165, 1.54) is 5.56 Å². The first-order chi connectivity index (χ1) is 13.6. The third-order valence-corrected chi connectivity index (χ3v) is 5.70. The fourth-order valence-corrected chi connectivity index (χ4v) is 3.89. The van der Waals surface area contributed by atoms with Crippen molar-refractivity contribution in [2.75, 3.05) is 6.54 Å². The summed E-state index contributed by atoms with van der Waals surface area (Å²) in [6, 6.07) is 20.3. The topological polar surface area (TPSA) is 56.4 Å². The predicted molar refractivity (Wildman–Crippen MR) is 117 cm³/mol. The molecule has 0 aromatic heterocycles. The number of hydrogen-bond donors (Lipinski definition) is 1. The Bertz CT molecular complexity index is 779. The Labute approximate surface area is 169 Å². The van der Waals surface area contributed by atoms with Crippen molar-refractivity contribution >= 4 is 6.21 Å². The highest BCUT2D eigenvalue weighted by Crippen LogP contribution is 2.42. The van der Waals surface area contributed by atoms with Gasteiger partial charge in [-0.2, -0.15) is 5.26 Å². The molecular formula is C25H32N2O. The molecule has 28 heavy (non-hydrogen) atoms. The summed E-state index contributed by atoms with van der Waals surface area (Å²) in [4.78, 5) is 4.68. The summed E-state index contributed by atoms with van der Waals surface area (Å²) in [5.41, 5.74) is 2.22. The largest absolute Gasteiger partial charge is 0.508 e. The number of hydrogen-bond acceptors (Lipinski definition) is 3. The van der Waals surface area contributed by atoms with E-state index in [9.17, 15) is 10.4 Å². The molecule has 2 rings (SSSR count). The molecule has 0 spiro atoms. The minimum Gasteiger partial charge on any atom is -0.508 e. The number of phenols is 1. The number of nitrogens with zero attached hydrogens (tertiary/aromatic N) is 2. The monoisotopic (exact) mass is 376 g/mol. The van der Waals surface area contributed by atoms with Crippen LogP contribution in [0.3, 0.4) is 0 Å². The second-order valence-electron chi connectivity index (χ2n) is 7.60. The highest BCUT2D eigenvalue weighted by Gasteiger charge is 2.36. The molecular weight excluding hydrogens is 344 g/mol. The van der Waals surface area contributed by atoms with E-state index in [4.69, 9.17) is 0 Å². The van der Waals surface area contributed by atoms with Crippen molar-refractivity contribution in [2.45, 2.75) is 57.8 Å². The van der Waals surface area contributed by atoms with Gasteiger partial charge in [-0.15, -0.1) is 0 Å². The van der Waals surface area contributed by atoms with Crippen LogP contribution in [0.25, 0.3) is 0 Å². The Morgan fingerprint density at radius 3 is 2.64 bits per heavy atom. The van der Waals surface area contributed by atoms with Gasteiger partial charge in [-0.3, -0.25) is 4.99 Å². The lowest BCUT2D eigenvalue weighted by molar-refractivity contribution is 0.271. The molecule has 1 N–H and O–H groups in total. The molecule has 0 amide bonds. The Morgan fingerprint density at radius 1 is 1.18 bits per heavy atom. The first kappa shape index (κ1) is 21.7. The van der Waals surface area contributed by atoms with E-state index in [0.717, 1.165) is 44.2 Å². The van der Waals surface area contributed by atoms with Crippen LogP contribution in [0.15, 0.2) is 59.6 Å². The molecule has 0 aliphatic heterocycles. The molecule has 0 heterocycles. The van der Waals surface area contributed by atoms with Crippen molar-refractivity contribution in [3.05, 3.63) is 65.7 Å². The number of nitriles is 1. The third-order valence-electron chi connectivity index (χ3n) is 5.70. The predicted octanol–water partition coefficient (Wildman–Crippen LogP) is 6.07. The number of rotatable bonds is 11. The molecule has 2 aromatic rings. The van der Waals surface area contributed by atoms with E-state index in [0.29, 0.717) is 6.42 Å². The van der Waals surface area contributed by atoms with Crippen molar-refractivity contribution in [3.63, 3.8) is 0 Å². The van der Waals surface area contributed by atoms with Crippen LogP contribution < -0.4 is 0 Å². The van der Waals surface area contributed by atoms with Crippen molar-refractivity contribution < 1.29 is 5.11 Å². The Morgan fingerprint density at radius 2 is 1.96 bits per heavy atom. The van der Waals surface area contributed by atoms with Gasteiger partial charge in [0.15, 0.2) is 0 Å². The van der Waals surface area contributed by atoms with E-state index in [1.54, 1.807) is 6.07 Å². The molecule has 2 atom stereocenters. The van der Waals surface area contributed by atoms with E-state index >= 15 is 0 Å². The number of unbranched alkanes of at least 4 members (excludes halogenated alkanes) is 1. The standard InChI is InChI=1S/C25H32N2O/c1-3-4-15-25(21(2)13-17-26,23-11-8-12-24(28)20-23)16-19-27-18-14-22-9-6-5-7-10-22/h5-12,19-21,28H,3-4,13-16,18H2,1-2H3/t21?,25-/m0/s1. The van der Waals surface area contributed by atoms with Crippen molar-refractivity contribution in [1.82, 2.24) is 0 Å². The molecule has 0 aliphatic rings. The minimum absolute atomic E-state index is 0.180. The molecule has 3 nitrogen and oxygen atoms in total. The molecule has 1 unspecified atom stereocenters. The van der Waals surface area contributed by atoms with Gasteiger partial charge in [0.2, 0.25) is 0 Å². The summed E-state index contributed by atoms with van der Waals surface area (Å²) in [5, 5.41) is 19.4. The smallest absolute Gasteiger partial charge is 0.115 e. The van der Waals surface area contributed by atoms with Crippen LogP contribution in [0.5, 0.6) is 5.75 Å². The maximum Gasteiger partial charge on any atom is 0.115 e. The minimum atomic E-state index is -0.180. The van der Waals surface area contributed by atoms with Gasteiger partial charge in [0.1, 0.15) is 5.75 Å². The van der Waals surface area contributed by atoms with Crippen LogP contribution in [-0.4, -0.2) is 17.9 Å². The highest BCUT2D eigenvalue weighted by molar-refractivity contribution is 5.61. The average Bonchev–Trinajstić information content (AvgIpc) is 2.71. The number of benzene rings is 2. The molecule has 148 valence electrons. The van der Waals surface area contributed by atoms with Crippen LogP contribution in [0.1, 0.15) is 57.1 Å². The second-order valence-corrected chi connectivity index (χ2v) is 7.60. The quantitative estimate of drug-likeness (QED) is 0.484. The Balaban J connectivity index is 2.20. The van der Waals surface area contributed by atoms with Gasteiger partial charge in [0.05, 0.1) is 6.07 Å². The zero-order valence-electron chi connectivity index (χ0n) is 17.1. The molecule has 0 saturated carbocycles.